The molecule has 0 aliphatic heterocycles. The van der Waals surface area contributed by atoms with Gasteiger partial charge in [-0.2, -0.15) is 0 Å². The third kappa shape index (κ3) is 2.82. The molecule has 0 atom stereocenters. The highest BCUT2D eigenvalue weighted by molar-refractivity contribution is 7.19. The molecular formula is C10H17N3OS. The number of hydrogen-bond donors (Lipinski definition) is 2. The summed E-state index contributed by atoms with van der Waals surface area (Å²) < 4.78 is 5.11. The highest BCUT2D eigenvalue weighted by Crippen LogP contribution is 2.48. The Kier molecular flexibility index (Phi) is 3.11. The molecule has 2 rings (SSSR count). The Balaban J connectivity index is 1.78. The van der Waals surface area contributed by atoms with Crippen LogP contribution in [0.5, 0.6) is 0 Å². The van der Waals surface area contributed by atoms with Gasteiger partial charge in [-0.05, 0) is 24.7 Å². The summed E-state index contributed by atoms with van der Waals surface area (Å²) in [6.45, 7) is 1.84. The minimum absolute atomic E-state index is 0.455. The van der Waals surface area contributed by atoms with Crippen molar-refractivity contribution in [3.63, 3.8) is 0 Å². The van der Waals surface area contributed by atoms with Crippen molar-refractivity contribution in [1.29, 1.82) is 0 Å². The van der Waals surface area contributed by atoms with Gasteiger partial charge in [-0.15, -0.1) is 0 Å². The predicted molar refractivity (Wildman–Crippen MR) is 63.2 cm³/mol. The normalized spacial score (nSPS) is 17.7. The quantitative estimate of drug-likeness (QED) is 0.780. The van der Waals surface area contributed by atoms with Crippen LogP contribution in [-0.2, 0) is 4.74 Å². The SMILES string of the molecule is COCCC1(CNc2ncc(N)s2)CC1. The van der Waals surface area contributed by atoms with Crippen LogP contribution in [0.2, 0.25) is 0 Å². The number of rotatable bonds is 6. The summed E-state index contributed by atoms with van der Waals surface area (Å²) in [7, 11) is 1.75. The Hall–Kier alpha value is -0.810. The van der Waals surface area contributed by atoms with Gasteiger partial charge in [0.05, 0.1) is 6.20 Å². The highest BCUT2D eigenvalue weighted by Gasteiger charge is 2.41. The van der Waals surface area contributed by atoms with E-state index in [1.54, 1.807) is 13.3 Å². The second kappa shape index (κ2) is 4.37. The van der Waals surface area contributed by atoms with E-state index in [0.29, 0.717) is 5.41 Å². The summed E-state index contributed by atoms with van der Waals surface area (Å²) in [5.74, 6) is 0. The van der Waals surface area contributed by atoms with Crippen molar-refractivity contribution in [3.05, 3.63) is 6.20 Å². The number of aromatic nitrogens is 1. The van der Waals surface area contributed by atoms with Gasteiger partial charge < -0.3 is 15.8 Å². The number of methoxy groups -OCH3 is 1. The molecule has 1 fully saturated rings. The first-order valence-electron chi connectivity index (χ1n) is 5.18. The molecule has 1 aromatic heterocycles. The van der Waals surface area contributed by atoms with Gasteiger partial charge in [0.1, 0.15) is 5.00 Å². The number of hydrogen-bond acceptors (Lipinski definition) is 5. The maximum Gasteiger partial charge on any atom is 0.184 e. The van der Waals surface area contributed by atoms with Gasteiger partial charge in [-0.1, -0.05) is 11.3 Å². The lowest BCUT2D eigenvalue weighted by molar-refractivity contribution is 0.175. The fourth-order valence-electron chi connectivity index (χ4n) is 1.64. The standard InChI is InChI=1S/C10H17N3OS/c1-14-5-4-10(2-3-10)7-13-9-12-6-8(11)15-9/h6H,2-5,7,11H2,1H3,(H,12,13). The number of nitrogens with one attached hydrogen (secondary N) is 1. The lowest BCUT2D eigenvalue weighted by atomic mass is 10.0. The van der Waals surface area contributed by atoms with E-state index >= 15 is 0 Å². The average Bonchev–Trinajstić information content (AvgIpc) is 2.89. The number of ether oxygens (including phenoxy) is 1. The van der Waals surface area contributed by atoms with Crippen LogP contribution >= 0.6 is 11.3 Å². The van der Waals surface area contributed by atoms with E-state index in [4.69, 9.17) is 10.5 Å². The van der Waals surface area contributed by atoms with Crippen LogP contribution in [-0.4, -0.2) is 25.2 Å². The number of nitrogens with zero attached hydrogens (tertiary/aromatic N) is 1. The van der Waals surface area contributed by atoms with E-state index in [9.17, 15) is 0 Å². The number of anilines is 2. The topological polar surface area (TPSA) is 60.2 Å². The monoisotopic (exact) mass is 227 g/mol. The van der Waals surface area contributed by atoms with E-state index in [2.05, 4.69) is 10.3 Å². The Bertz CT molecular complexity index is 322. The van der Waals surface area contributed by atoms with Gasteiger partial charge >= 0.3 is 0 Å². The zero-order valence-electron chi connectivity index (χ0n) is 8.95. The molecule has 0 amide bonds. The molecule has 0 bridgehead atoms. The fraction of sp³-hybridized carbons (Fsp3) is 0.700. The van der Waals surface area contributed by atoms with Crippen LogP contribution in [0, 0.1) is 5.41 Å². The Morgan fingerprint density at radius 3 is 3.00 bits per heavy atom. The van der Waals surface area contributed by atoms with Gasteiger partial charge in [0.2, 0.25) is 0 Å². The average molecular weight is 227 g/mol. The Morgan fingerprint density at radius 1 is 1.67 bits per heavy atom. The number of nitrogen functional groups attached to an aromatic ring is 1. The lowest BCUT2D eigenvalue weighted by Crippen LogP contribution is -2.17. The van der Waals surface area contributed by atoms with Crippen LogP contribution in [0.15, 0.2) is 6.20 Å². The van der Waals surface area contributed by atoms with Crippen LogP contribution in [0.25, 0.3) is 0 Å². The Morgan fingerprint density at radius 2 is 2.47 bits per heavy atom. The first kappa shape index (κ1) is 10.7. The third-order valence-corrected chi connectivity index (χ3v) is 3.72. The van der Waals surface area contributed by atoms with Crippen molar-refractivity contribution in [1.82, 2.24) is 4.98 Å². The minimum atomic E-state index is 0.455. The smallest absolute Gasteiger partial charge is 0.184 e. The largest absolute Gasteiger partial charge is 0.389 e. The molecule has 0 aromatic carbocycles. The van der Waals surface area contributed by atoms with Crippen LogP contribution in [0.4, 0.5) is 10.1 Å². The lowest BCUT2D eigenvalue weighted by Gasteiger charge is -2.14. The molecule has 84 valence electrons. The van der Waals surface area contributed by atoms with Gasteiger partial charge in [-0.3, -0.25) is 0 Å². The molecular weight excluding hydrogens is 210 g/mol. The maximum atomic E-state index is 5.61. The van der Waals surface area contributed by atoms with Crippen molar-refractivity contribution in [2.45, 2.75) is 19.3 Å². The molecule has 4 nitrogen and oxygen atoms in total. The number of thiazole rings is 1. The molecule has 1 aromatic rings. The summed E-state index contributed by atoms with van der Waals surface area (Å²) in [5, 5.41) is 5.04. The van der Waals surface area contributed by atoms with E-state index in [-0.39, 0.29) is 0 Å². The van der Waals surface area contributed by atoms with Crippen molar-refractivity contribution >= 4 is 21.5 Å². The third-order valence-electron chi connectivity index (χ3n) is 2.93. The summed E-state index contributed by atoms with van der Waals surface area (Å²) in [5.41, 5.74) is 6.06. The molecule has 0 spiro atoms. The molecule has 1 aliphatic carbocycles. The minimum Gasteiger partial charge on any atom is -0.389 e. The maximum absolute atomic E-state index is 5.61. The van der Waals surface area contributed by atoms with E-state index in [0.717, 1.165) is 29.7 Å². The van der Waals surface area contributed by atoms with Gasteiger partial charge in [-0.25, -0.2) is 4.98 Å². The highest BCUT2D eigenvalue weighted by atomic mass is 32.1. The fourth-order valence-corrected chi connectivity index (χ4v) is 2.22. The molecule has 5 heteroatoms. The summed E-state index contributed by atoms with van der Waals surface area (Å²) in [4.78, 5) is 4.18. The second-order valence-corrected chi connectivity index (χ2v) is 5.23. The Labute approximate surface area is 93.8 Å². The van der Waals surface area contributed by atoms with Crippen molar-refractivity contribution < 1.29 is 4.74 Å². The molecule has 3 N–H and O–H groups in total. The molecule has 0 unspecified atom stereocenters. The summed E-state index contributed by atoms with van der Waals surface area (Å²) in [6.07, 6.45) is 5.42. The van der Waals surface area contributed by atoms with Gasteiger partial charge in [0, 0.05) is 20.3 Å². The zero-order valence-corrected chi connectivity index (χ0v) is 9.77. The molecule has 1 heterocycles. The predicted octanol–water partition coefficient (Wildman–Crippen LogP) is 1.95. The van der Waals surface area contributed by atoms with Crippen molar-refractivity contribution in [3.8, 4) is 0 Å². The van der Waals surface area contributed by atoms with E-state index < -0.39 is 0 Å². The molecule has 1 saturated carbocycles. The second-order valence-electron chi connectivity index (χ2n) is 4.16. The van der Waals surface area contributed by atoms with Gasteiger partial charge in [0.15, 0.2) is 5.13 Å². The first-order valence-corrected chi connectivity index (χ1v) is 6.00. The van der Waals surface area contributed by atoms with Crippen LogP contribution in [0.3, 0.4) is 0 Å². The molecule has 0 saturated heterocycles. The van der Waals surface area contributed by atoms with Crippen LogP contribution in [0.1, 0.15) is 19.3 Å². The molecule has 1 aliphatic rings. The summed E-state index contributed by atoms with van der Waals surface area (Å²) >= 11 is 1.50. The zero-order chi connectivity index (χ0) is 10.7. The molecule has 15 heavy (non-hydrogen) atoms. The van der Waals surface area contributed by atoms with Gasteiger partial charge in [0.25, 0.3) is 0 Å². The summed E-state index contributed by atoms with van der Waals surface area (Å²) in [6, 6.07) is 0. The van der Waals surface area contributed by atoms with Crippen molar-refractivity contribution in [2.75, 3.05) is 31.3 Å². The van der Waals surface area contributed by atoms with Crippen LogP contribution < -0.4 is 11.1 Å². The number of nitrogens with two attached hydrogens (primary N) is 1. The first-order chi connectivity index (χ1) is 7.24. The van der Waals surface area contributed by atoms with E-state index in [1.807, 2.05) is 0 Å². The van der Waals surface area contributed by atoms with Crippen molar-refractivity contribution in [2.24, 2.45) is 5.41 Å². The van der Waals surface area contributed by atoms with E-state index in [1.165, 1.54) is 24.2 Å². The molecule has 0 radical (unpaired) electrons.